The van der Waals surface area contributed by atoms with Crippen molar-refractivity contribution in [2.45, 2.75) is 29.6 Å². The molecule has 204 valence electrons. The fourth-order valence-corrected chi connectivity index (χ4v) is 5.79. The number of aromatic nitrogens is 2. The lowest BCUT2D eigenvalue weighted by atomic mass is 9.97. The van der Waals surface area contributed by atoms with Gasteiger partial charge >= 0.3 is 6.18 Å². The number of sulfonamides is 1. The number of nitrogens with zero attached hydrogens (tertiary/aromatic N) is 3. The molecular formula is C24H26ClF4N6O2S+. The van der Waals surface area contributed by atoms with Gasteiger partial charge in [0.25, 0.3) is 10.0 Å². The fraction of sp³-hybridized carbons (Fsp3) is 0.333. The van der Waals surface area contributed by atoms with Crippen LogP contribution in [-0.2, 0) is 16.2 Å². The van der Waals surface area contributed by atoms with Gasteiger partial charge in [0.2, 0.25) is 0 Å². The molecule has 2 heterocycles. The van der Waals surface area contributed by atoms with Gasteiger partial charge in [-0.05, 0) is 42.8 Å². The van der Waals surface area contributed by atoms with Gasteiger partial charge in [-0.1, -0.05) is 17.7 Å². The molecular weight excluding hydrogens is 548 g/mol. The van der Waals surface area contributed by atoms with Crippen molar-refractivity contribution < 1.29 is 30.9 Å². The lowest BCUT2D eigenvalue weighted by molar-refractivity contribution is -0.885. The molecule has 1 aliphatic heterocycles. The molecule has 0 bridgehead atoms. The van der Waals surface area contributed by atoms with Crippen LogP contribution < -0.4 is 19.8 Å². The highest BCUT2D eigenvalue weighted by atomic mass is 35.5. The number of benzene rings is 2. The zero-order valence-electron chi connectivity index (χ0n) is 20.4. The first kappa shape index (κ1) is 27.9. The fourth-order valence-electron chi connectivity index (χ4n) is 4.41. The van der Waals surface area contributed by atoms with E-state index in [-0.39, 0.29) is 28.6 Å². The maximum Gasteiger partial charge on any atom is 0.416 e. The SMILES string of the molecule is C[NH+](C)C1CN(c2cccc(C(F)(F)F)c2)CC[C@H]1Nc1cc(F)c(S(=O)(=O)Nc2ccncn2)cc1Cl. The van der Waals surface area contributed by atoms with Crippen LogP contribution in [0, 0.1) is 5.82 Å². The number of halogens is 5. The molecule has 1 aromatic heterocycles. The largest absolute Gasteiger partial charge is 0.416 e. The summed E-state index contributed by atoms with van der Waals surface area (Å²) in [6.07, 6.45) is -1.43. The topological polar surface area (TPSA) is 91.7 Å². The van der Waals surface area contributed by atoms with Crippen LogP contribution in [0.2, 0.25) is 5.02 Å². The molecule has 38 heavy (non-hydrogen) atoms. The molecule has 0 aliphatic carbocycles. The molecule has 3 aromatic rings. The molecule has 1 fully saturated rings. The van der Waals surface area contributed by atoms with E-state index >= 15 is 4.39 Å². The summed E-state index contributed by atoms with van der Waals surface area (Å²) in [6, 6.07) is 8.27. The van der Waals surface area contributed by atoms with Crippen LogP contribution in [0.25, 0.3) is 0 Å². The Bertz CT molecular complexity index is 1390. The Kier molecular flexibility index (Phi) is 8.00. The lowest BCUT2D eigenvalue weighted by Crippen LogP contribution is -3.13. The number of anilines is 3. The van der Waals surface area contributed by atoms with E-state index < -0.39 is 32.5 Å². The van der Waals surface area contributed by atoms with E-state index in [9.17, 15) is 21.6 Å². The number of likely N-dealkylation sites (N-methyl/N-ethyl adjacent to an activating group) is 1. The summed E-state index contributed by atoms with van der Waals surface area (Å²) < 4.78 is 82.2. The van der Waals surface area contributed by atoms with Crippen LogP contribution in [-0.4, -0.2) is 57.7 Å². The van der Waals surface area contributed by atoms with Crippen molar-refractivity contribution in [3.63, 3.8) is 0 Å². The normalized spacial score (nSPS) is 18.5. The molecule has 14 heteroatoms. The lowest BCUT2D eigenvalue weighted by Gasteiger charge is -2.41. The van der Waals surface area contributed by atoms with Crippen LogP contribution >= 0.6 is 11.6 Å². The molecule has 1 saturated heterocycles. The highest BCUT2D eigenvalue weighted by molar-refractivity contribution is 7.92. The summed E-state index contributed by atoms with van der Waals surface area (Å²) in [7, 11) is -0.466. The summed E-state index contributed by atoms with van der Waals surface area (Å²) in [6.45, 7) is 0.898. The van der Waals surface area contributed by atoms with E-state index in [0.29, 0.717) is 25.2 Å². The van der Waals surface area contributed by atoms with Gasteiger partial charge < -0.3 is 15.1 Å². The van der Waals surface area contributed by atoms with E-state index in [1.165, 1.54) is 18.3 Å². The standard InChI is InChI=1S/C24H25ClF4N6O2S/c1-34(2)21-13-35(16-5-3-4-15(10-16)24(27,28)29)9-7-19(21)32-20-12-18(26)22(11-17(20)25)38(36,37)33-23-6-8-30-14-31-23/h3-6,8,10-12,14,19,21,32H,7,9,13H2,1-2H3,(H,30,31,33)/p+1/t19-,21?/m1/s1. The monoisotopic (exact) mass is 573 g/mol. The molecule has 0 spiro atoms. The third kappa shape index (κ3) is 6.27. The van der Waals surface area contributed by atoms with Gasteiger partial charge in [0.05, 0.1) is 43.0 Å². The van der Waals surface area contributed by atoms with Gasteiger partial charge in [-0.2, -0.15) is 13.2 Å². The van der Waals surface area contributed by atoms with Gasteiger partial charge in [0.15, 0.2) is 0 Å². The average Bonchev–Trinajstić information content (AvgIpc) is 2.86. The summed E-state index contributed by atoms with van der Waals surface area (Å²) >= 11 is 6.37. The smallest absolute Gasteiger partial charge is 0.375 e. The first-order valence-corrected chi connectivity index (χ1v) is 13.5. The molecule has 0 amide bonds. The Morgan fingerprint density at radius 1 is 1.16 bits per heavy atom. The van der Waals surface area contributed by atoms with Crippen molar-refractivity contribution >= 4 is 38.8 Å². The Labute approximate surface area is 222 Å². The van der Waals surface area contributed by atoms with Crippen LogP contribution in [0.5, 0.6) is 0 Å². The number of hydrogen-bond donors (Lipinski definition) is 3. The van der Waals surface area contributed by atoms with E-state index in [4.69, 9.17) is 11.6 Å². The van der Waals surface area contributed by atoms with Crippen molar-refractivity contribution in [3.8, 4) is 0 Å². The molecule has 0 saturated carbocycles. The van der Waals surface area contributed by atoms with Crippen molar-refractivity contribution in [2.75, 3.05) is 42.1 Å². The maximum absolute atomic E-state index is 15.0. The van der Waals surface area contributed by atoms with E-state index in [1.807, 2.05) is 19.0 Å². The first-order chi connectivity index (χ1) is 17.8. The second kappa shape index (κ2) is 10.9. The van der Waals surface area contributed by atoms with Crippen LogP contribution in [0.4, 0.5) is 34.8 Å². The Hall–Kier alpha value is -3.16. The zero-order chi connectivity index (χ0) is 27.7. The van der Waals surface area contributed by atoms with E-state index in [1.54, 1.807) is 6.07 Å². The number of nitrogens with one attached hydrogen (secondary N) is 3. The number of piperidine rings is 1. The minimum absolute atomic E-state index is 0.00211. The maximum atomic E-state index is 15.0. The third-order valence-electron chi connectivity index (χ3n) is 6.37. The highest BCUT2D eigenvalue weighted by Crippen LogP contribution is 2.33. The summed E-state index contributed by atoms with van der Waals surface area (Å²) in [4.78, 5) is 9.76. The molecule has 8 nitrogen and oxygen atoms in total. The van der Waals surface area contributed by atoms with Gasteiger partial charge in [0.1, 0.15) is 28.9 Å². The molecule has 2 aromatic carbocycles. The van der Waals surface area contributed by atoms with E-state index in [2.05, 4.69) is 20.0 Å². The molecule has 3 N–H and O–H groups in total. The second-order valence-electron chi connectivity index (χ2n) is 9.18. The quantitative estimate of drug-likeness (QED) is 0.376. The van der Waals surface area contributed by atoms with Crippen LogP contribution in [0.1, 0.15) is 12.0 Å². The minimum Gasteiger partial charge on any atom is -0.375 e. The zero-order valence-corrected chi connectivity index (χ0v) is 22.0. The van der Waals surface area contributed by atoms with Gasteiger partial charge in [-0.25, -0.2) is 22.8 Å². The van der Waals surface area contributed by atoms with Gasteiger partial charge in [0, 0.05) is 18.4 Å². The average molecular weight is 574 g/mol. The molecule has 0 radical (unpaired) electrons. The summed E-state index contributed by atoms with van der Waals surface area (Å²) in [5, 5.41) is 3.22. The van der Waals surface area contributed by atoms with Gasteiger partial charge in [-0.3, -0.25) is 4.72 Å². The second-order valence-corrected chi connectivity index (χ2v) is 11.2. The van der Waals surface area contributed by atoms with Crippen LogP contribution in [0.3, 0.4) is 0 Å². The van der Waals surface area contributed by atoms with Crippen molar-refractivity contribution in [2.24, 2.45) is 0 Å². The minimum atomic E-state index is -4.44. The van der Waals surface area contributed by atoms with Crippen molar-refractivity contribution in [3.05, 3.63) is 71.4 Å². The van der Waals surface area contributed by atoms with Crippen LogP contribution in [0.15, 0.2) is 59.9 Å². The predicted molar refractivity (Wildman–Crippen MR) is 137 cm³/mol. The first-order valence-electron chi connectivity index (χ1n) is 11.6. The molecule has 1 aliphatic rings. The van der Waals surface area contributed by atoms with E-state index in [0.717, 1.165) is 35.5 Å². The molecule has 1 unspecified atom stereocenters. The highest BCUT2D eigenvalue weighted by Gasteiger charge is 2.36. The molecule has 2 atom stereocenters. The Balaban J connectivity index is 1.52. The third-order valence-corrected chi connectivity index (χ3v) is 8.05. The Morgan fingerprint density at radius 3 is 2.58 bits per heavy atom. The predicted octanol–water partition coefficient (Wildman–Crippen LogP) is 3.29. The summed E-state index contributed by atoms with van der Waals surface area (Å²) in [5.74, 6) is -1.03. The van der Waals surface area contributed by atoms with Crippen molar-refractivity contribution in [1.82, 2.24) is 9.97 Å². The summed E-state index contributed by atoms with van der Waals surface area (Å²) in [5.41, 5.74) is -0.0243. The number of rotatable bonds is 7. The number of hydrogen-bond acceptors (Lipinski definition) is 6. The number of quaternary nitrogens is 1. The van der Waals surface area contributed by atoms with Crippen molar-refractivity contribution in [1.29, 1.82) is 0 Å². The molecule has 4 rings (SSSR count). The van der Waals surface area contributed by atoms with Gasteiger partial charge in [-0.15, -0.1) is 0 Å². The Morgan fingerprint density at radius 2 is 1.92 bits per heavy atom. The number of alkyl halides is 3.